The minimum absolute atomic E-state index is 0.278. The second-order valence-electron chi connectivity index (χ2n) is 4.56. The maximum absolute atomic E-state index is 3.79. The first kappa shape index (κ1) is 11.2. The van der Waals surface area contributed by atoms with Crippen LogP contribution < -0.4 is 5.32 Å². The van der Waals surface area contributed by atoms with E-state index in [4.69, 9.17) is 0 Å². The van der Waals surface area contributed by atoms with Crippen molar-refractivity contribution in [3.05, 3.63) is 21.9 Å². The van der Waals surface area contributed by atoms with E-state index in [1.165, 1.54) is 43.5 Å². The number of rotatable bonds is 2. The molecule has 0 spiro atoms. The predicted molar refractivity (Wildman–Crippen MR) is 67.5 cm³/mol. The van der Waals surface area contributed by atoms with Crippen LogP contribution in [0.4, 0.5) is 0 Å². The van der Waals surface area contributed by atoms with E-state index in [0.717, 1.165) is 0 Å². The van der Waals surface area contributed by atoms with E-state index in [0.29, 0.717) is 0 Å². The van der Waals surface area contributed by atoms with Crippen LogP contribution >= 0.6 is 11.3 Å². The topological polar surface area (TPSA) is 12.0 Å². The van der Waals surface area contributed by atoms with Crippen LogP contribution in [0.2, 0.25) is 0 Å². The number of hydrogen-bond donors (Lipinski definition) is 1. The highest BCUT2D eigenvalue weighted by Gasteiger charge is 2.32. The Morgan fingerprint density at radius 2 is 2.27 bits per heavy atom. The van der Waals surface area contributed by atoms with Gasteiger partial charge in [-0.05, 0) is 49.7 Å². The quantitative estimate of drug-likeness (QED) is 0.803. The molecule has 1 fully saturated rings. The summed E-state index contributed by atoms with van der Waals surface area (Å²) in [5, 5.41) is 6.03. The Morgan fingerprint density at radius 3 is 2.93 bits per heavy atom. The molecule has 1 saturated heterocycles. The number of nitrogens with one attached hydrogen (secondary N) is 1. The van der Waals surface area contributed by atoms with Crippen molar-refractivity contribution < 1.29 is 0 Å². The molecule has 0 amide bonds. The Labute approximate surface area is 96.9 Å². The molecule has 2 heterocycles. The van der Waals surface area contributed by atoms with Crippen molar-refractivity contribution in [1.29, 1.82) is 0 Å². The van der Waals surface area contributed by atoms with Gasteiger partial charge in [0.15, 0.2) is 0 Å². The summed E-state index contributed by atoms with van der Waals surface area (Å²) in [6.07, 6.45) is 6.62. The van der Waals surface area contributed by atoms with E-state index < -0.39 is 0 Å². The van der Waals surface area contributed by atoms with Crippen LogP contribution in [-0.2, 0) is 5.54 Å². The first-order chi connectivity index (χ1) is 7.28. The summed E-state index contributed by atoms with van der Waals surface area (Å²) in [5.74, 6) is 0. The summed E-state index contributed by atoms with van der Waals surface area (Å²) in [7, 11) is 0. The zero-order valence-electron chi connectivity index (χ0n) is 9.81. The number of thiophene rings is 1. The summed E-state index contributed by atoms with van der Waals surface area (Å²) in [6.45, 7) is 5.75. The molecule has 1 aliphatic heterocycles. The van der Waals surface area contributed by atoms with Crippen LogP contribution in [-0.4, -0.2) is 6.54 Å². The van der Waals surface area contributed by atoms with Crippen molar-refractivity contribution >= 4 is 11.3 Å². The van der Waals surface area contributed by atoms with Crippen molar-refractivity contribution in [2.45, 2.75) is 51.5 Å². The van der Waals surface area contributed by atoms with Crippen LogP contribution in [0.1, 0.15) is 49.5 Å². The molecule has 0 aromatic carbocycles. The van der Waals surface area contributed by atoms with Gasteiger partial charge in [0.05, 0.1) is 0 Å². The van der Waals surface area contributed by atoms with E-state index in [1.54, 1.807) is 5.56 Å². The first-order valence-electron chi connectivity index (χ1n) is 6.08. The average Bonchev–Trinajstić information content (AvgIpc) is 2.56. The first-order valence-corrected chi connectivity index (χ1v) is 6.96. The third-order valence-corrected chi connectivity index (χ3v) is 4.57. The second-order valence-corrected chi connectivity index (χ2v) is 5.68. The van der Waals surface area contributed by atoms with Gasteiger partial charge in [0.2, 0.25) is 0 Å². The highest BCUT2D eigenvalue weighted by Crippen LogP contribution is 2.36. The fourth-order valence-electron chi connectivity index (χ4n) is 2.75. The predicted octanol–water partition coefficient (Wildman–Crippen LogP) is 3.83. The van der Waals surface area contributed by atoms with Gasteiger partial charge in [-0.3, -0.25) is 0 Å². The maximum Gasteiger partial charge on any atom is 0.0442 e. The van der Waals surface area contributed by atoms with Gasteiger partial charge in [-0.2, -0.15) is 0 Å². The van der Waals surface area contributed by atoms with E-state index in [2.05, 4.69) is 30.6 Å². The van der Waals surface area contributed by atoms with Gasteiger partial charge in [-0.25, -0.2) is 0 Å². The lowest BCUT2D eigenvalue weighted by Gasteiger charge is -2.33. The zero-order valence-corrected chi connectivity index (χ0v) is 10.6. The van der Waals surface area contributed by atoms with Crippen molar-refractivity contribution in [1.82, 2.24) is 5.32 Å². The lowest BCUT2D eigenvalue weighted by molar-refractivity contribution is 0.312. The Bertz CT molecular complexity index is 308. The SMILES string of the molecule is CCC1(c2ccsc2C)CCCCCN1. The standard InChI is InChI=1S/C13H21NS/c1-3-13(8-5-4-6-9-14-13)12-7-10-15-11(12)2/h7,10,14H,3-6,8-9H2,1-2H3. The van der Waals surface area contributed by atoms with Crippen molar-refractivity contribution in [2.75, 3.05) is 6.54 Å². The Balaban J connectivity index is 2.30. The van der Waals surface area contributed by atoms with Crippen molar-refractivity contribution in [3.8, 4) is 0 Å². The molecule has 0 saturated carbocycles. The van der Waals surface area contributed by atoms with Crippen LogP contribution in [0.3, 0.4) is 0 Å². The molecule has 1 unspecified atom stereocenters. The Hall–Kier alpha value is -0.340. The number of hydrogen-bond acceptors (Lipinski definition) is 2. The van der Waals surface area contributed by atoms with Crippen LogP contribution in [0.15, 0.2) is 11.4 Å². The third kappa shape index (κ3) is 2.11. The van der Waals surface area contributed by atoms with Gasteiger partial charge in [0.1, 0.15) is 0 Å². The van der Waals surface area contributed by atoms with Gasteiger partial charge in [0, 0.05) is 10.4 Å². The van der Waals surface area contributed by atoms with Gasteiger partial charge in [-0.1, -0.05) is 19.8 Å². The zero-order chi connectivity index (χ0) is 10.7. The molecule has 84 valence electrons. The summed E-state index contributed by atoms with van der Waals surface area (Å²) in [4.78, 5) is 1.49. The lowest BCUT2D eigenvalue weighted by Crippen LogP contribution is -2.41. The fourth-order valence-corrected chi connectivity index (χ4v) is 3.55. The second kappa shape index (κ2) is 4.67. The van der Waals surface area contributed by atoms with Crippen LogP contribution in [0, 0.1) is 6.92 Å². The van der Waals surface area contributed by atoms with Gasteiger partial charge in [0.25, 0.3) is 0 Å². The molecule has 0 bridgehead atoms. The third-order valence-electron chi connectivity index (χ3n) is 3.72. The Kier molecular flexibility index (Phi) is 3.47. The molecular formula is C13H21NS. The normalized spacial score (nSPS) is 27.6. The van der Waals surface area contributed by atoms with Gasteiger partial charge < -0.3 is 5.32 Å². The molecule has 1 aliphatic rings. The summed E-state index contributed by atoms with van der Waals surface area (Å²) < 4.78 is 0. The molecule has 2 heteroatoms. The molecule has 0 aliphatic carbocycles. The fraction of sp³-hybridized carbons (Fsp3) is 0.692. The van der Waals surface area contributed by atoms with E-state index in [9.17, 15) is 0 Å². The summed E-state index contributed by atoms with van der Waals surface area (Å²) >= 11 is 1.88. The van der Waals surface area contributed by atoms with Crippen molar-refractivity contribution in [3.63, 3.8) is 0 Å². The molecule has 15 heavy (non-hydrogen) atoms. The lowest BCUT2D eigenvalue weighted by atomic mass is 9.83. The largest absolute Gasteiger partial charge is 0.307 e. The molecular weight excluding hydrogens is 202 g/mol. The minimum atomic E-state index is 0.278. The maximum atomic E-state index is 3.79. The van der Waals surface area contributed by atoms with Crippen molar-refractivity contribution in [2.24, 2.45) is 0 Å². The van der Waals surface area contributed by atoms with E-state index >= 15 is 0 Å². The smallest absolute Gasteiger partial charge is 0.0442 e. The molecule has 1 aromatic rings. The monoisotopic (exact) mass is 223 g/mol. The molecule has 1 N–H and O–H groups in total. The Morgan fingerprint density at radius 1 is 1.40 bits per heavy atom. The van der Waals surface area contributed by atoms with Gasteiger partial charge in [-0.15, -0.1) is 11.3 Å². The summed E-state index contributed by atoms with van der Waals surface area (Å²) in [6, 6.07) is 2.32. The molecule has 0 radical (unpaired) electrons. The molecule has 1 nitrogen and oxygen atoms in total. The van der Waals surface area contributed by atoms with E-state index in [1.807, 2.05) is 11.3 Å². The van der Waals surface area contributed by atoms with Gasteiger partial charge >= 0.3 is 0 Å². The van der Waals surface area contributed by atoms with E-state index in [-0.39, 0.29) is 5.54 Å². The highest BCUT2D eigenvalue weighted by molar-refractivity contribution is 7.10. The highest BCUT2D eigenvalue weighted by atomic mass is 32.1. The summed E-state index contributed by atoms with van der Waals surface area (Å²) in [5.41, 5.74) is 1.83. The molecule has 1 aromatic heterocycles. The van der Waals surface area contributed by atoms with Crippen LogP contribution in [0.25, 0.3) is 0 Å². The number of aryl methyl sites for hydroxylation is 1. The van der Waals surface area contributed by atoms with Crippen LogP contribution in [0.5, 0.6) is 0 Å². The molecule has 2 rings (SSSR count). The molecule has 1 atom stereocenters. The minimum Gasteiger partial charge on any atom is -0.307 e. The average molecular weight is 223 g/mol.